The van der Waals surface area contributed by atoms with Gasteiger partial charge < -0.3 is 19.6 Å². The van der Waals surface area contributed by atoms with E-state index in [1.807, 2.05) is 0 Å². The molecule has 1 aromatic heterocycles. The van der Waals surface area contributed by atoms with Crippen LogP contribution >= 0.6 is 0 Å². The minimum Gasteiger partial charge on any atom is -0.495 e. The van der Waals surface area contributed by atoms with Crippen molar-refractivity contribution in [2.24, 2.45) is 0 Å². The number of ether oxygens (including phenoxy) is 1. The third-order valence-corrected chi connectivity index (χ3v) is 2.40. The summed E-state index contributed by atoms with van der Waals surface area (Å²) in [5, 5.41) is 11.3. The SMILES string of the molecule is COc1ccccc1NC(=O)c1ccc(C(=O)O)o1. The van der Waals surface area contributed by atoms with Crippen LogP contribution < -0.4 is 10.1 Å². The van der Waals surface area contributed by atoms with Crippen LogP contribution in [0.3, 0.4) is 0 Å². The molecular weight excluding hydrogens is 250 g/mol. The molecule has 1 amide bonds. The zero-order chi connectivity index (χ0) is 13.8. The number of nitrogens with one attached hydrogen (secondary N) is 1. The lowest BCUT2D eigenvalue weighted by atomic mass is 10.3. The number of anilines is 1. The number of benzene rings is 1. The number of carboxylic acids is 1. The number of para-hydroxylation sites is 2. The first-order valence-electron chi connectivity index (χ1n) is 5.39. The minimum atomic E-state index is -1.23. The monoisotopic (exact) mass is 261 g/mol. The van der Waals surface area contributed by atoms with Gasteiger partial charge in [-0.25, -0.2) is 4.79 Å². The van der Waals surface area contributed by atoms with E-state index in [0.717, 1.165) is 0 Å². The molecule has 0 fully saturated rings. The predicted octanol–water partition coefficient (Wildman–Crippen LogP) is 2.24. The lowest BCUT2D eigenvalue weighted by Crippen LogP contribution is -2.11. The van der Waals surface area contributed by atoms with Crippen LogP contribution in [-0.2, 0) is 0 Å². The van der Waals surface area contributed by atoms with E-state index in [2.05, 4.69) is 5.32 Å². The van der Waals surface area contributed by atoms with Gasteiger partial charge in [-0.15, -0.1) is 0 Å². The van der Waals surface area contributed by atoms with Gasteiger partial charge in [0.1, 0.15) is 5.75 Å². The third-order valence-electron chi connectivity index (χ3n) is 2.40. The molecule has 98 valence electrons. The summed E-state index contributed by atoms with van der Waals surface area (Å²) in [5.41, 5.74) is 0.475. The summed E-state index contributed by atoms with van der Waals surface area (Å²) in [6, 6.07) is 9.39. The van der Waals surface area contributed by atoms with Gasteiger partial charge in [0.15, 0.2) is 5.76 Å². The van der Waals surface area contributed by atoms with Crippen LogP contribution in [-0.4, -0.2) is 24.1 Å². The van der Waals surface area contributed by atoms with E-state index in [9.17, 15) is 9.59 Å². The molecule has 2 N–H and O–H groups in total. The molecule has 2 rings (SSSR count). The molecule has 6 heteroatoms. The van der Waals surface area contributed by atoms with Crippen LogP contribution in [0.5, 0.6) is 5.75 Å². The van der Waals surface area contributed by atoms with Crippen LogP contribution in [0.15, 0.2) is 40.8 Å². The van der Waals surface area contributed by atoms with Crippen LogP contribution in [0.2, 0.25) is 0 Å². The molecule has 0 aliphatic carbocycles. The Morgan fingerprint density at radius 1 is 1.16 bits per heavy atom. The Kier molecular flexibility index (Phi) is 3.51. The first-order chi connectivity index (χ1) is 9.11. The number of carboxylic acid groups (broad SMARTS) is 1. The van der Waals surface area contributed by atoms with Crippen molar-refractivity contribution < 1.29 is 23.8 Å². The average Bonchev–Trinajstić information content (AvgIpc) is 2.89. The number of hydrogen-bond acceptors (Lipinski definition) is 4. The molecular formula is C13H11NO5. The van der Waals surface area contributed by atoms with Gasteiger partial charge in [-0.1, -0.05) is 12.1 Å². The number of carbonyl (C=O) groups is 2. The van der Waals surface area contributed by atoms with Crippen LogP contribution in [0, 0.1) is 0 Å². The second-order valence-electron chi connectivity index (χ2n) is 3.62. The predicted molar refractivity (Wildman–Crippen MR) is 66.6 cm³/mol. The van der Waals surface area contributed by atoms with Crippen LogP contribution in [0.4, 0.5) is 5.69 Å². The van der Waals surface area contributed by atoms with Crippen molar-refractivity contribution in [3.05, 3.63) is 47.9 Å². The molecule has 0 saturated heterocycles. The summed E-state index contributed by atoms with van der Waals surface area (Å²) < 4.78 is 9.99. The number of rotatable bonds is 4. The Morgan fingerprint density at radius 2 is 1.84 bits per heavy atom. The highest BCUT2D eigenvalue weighted by Crippen LogP contribution is 2.23. The summed E-state index contributed by atoms with van der Waals surface area (Å²) in [6.45, 7) is 0. The minimum absolute atomic E-state index is 0.0803. The van der Waals surface area contributed by atoms with Gasteiger partial charge in [0.2, 0.25) is 5.76 Å². The van der Waals surface area contributed by atoms with Crippen LogP contribution in [0.1, 0.15) is 21.1 Å². The van der Waals surface area contributed by atoms with Gasteiger partial charge >= 0.3 is 5.97 Å². The number of methoxy groups -OCH3 is 1. The van der Waals surface area contributed by atoms with Gasteiger partial charge in [0.05, 0.1) is 12.8 Å². The highest BCUT2D eigenvalue weighted by molar-refractivity contribution is 6.03. The largest absolute Gasteiger partial charge is 0.495 e. The van der Waals surface area contributed by atoms with Gasteiger partial charge in [0, 0.05) is 0 Å². The molecule has 0 atom stereocenters. The smallest absolute Gasteiger partial charge is 0.371 e. The summed E-state index contributed by atoms with van der Waals surface area (Å²) in [7, 11) is 1.49. The second kappa shape index (κ2) is 5.26. The quantitative estimate of drug-likeness (QED) is 0.881. The Labute approximate surface area is 108 Å². The summed E-state index contributed by atoms with van der Waals surface area (Å²) in [5.74, 6) is -1.64. The molecule has 6 nitrogen and oxygen atoms in total. The fourth-order valence-corrected chi connectivity index (χ4v) is 1.51. The number of hydrogen-bond donors (Lipinski definition) is 2. The van der Waals surface area contributed by atoms with E-state index in [4.69, 9.17) is 14.3 Å². The van der Waals surface area contributed by atoms with Crippen molar-refractivity contribution in [1.29, 1.82) is 0 Å². The fourth-order valence-electron chi connectivity index (χ4n) is 1.51. The molecule has 0 unspecified atom stereocenters. The van der Waals surface area contributed by atoms with E-state index in [-0.39, 0.29) is 11.5 Å². The van der Waals surface area contributed by atoms with Crippen molar-refractivity contribution in [2.75, 3.05) is 12.4 Å². The highest BCUT2D eigenvalue weighted by atomic mass is 16.5. The Bertz CT molecular complexity index is 617. The van der Waals surface area contributed by atoms with E-state index in [0.29, 0.717) is 11.4 Å². The van der Waals surface area contributed by atoms with Gasteiger partial charge in [-0.2, -0.15) is 0 Å². The van der Waals surface area contributed by atoms with Crippen LogP contribution in [0.25, 0.3) is 0 Å². The van der Waals surface area contributed by atoms with Crippen molar-refractivity contribution in [3.8, 4) is 5.75 Å². The van der Waals surface area contributed by atoms with Crippen molar-refractivity contribution in [3.63, 3.8) is 0 Å². The molecule has 0 spiro atoms. The number of amides is 1. The van der Waals surface area contributed by atoms with Crippen molar-refractivity contribution in [1.82, 2.24) is 0 Å². The Hall–Kier alpha value is -2.76. The second-order valence-corrected chi connectivity index (χ2v) is 3.62. The van der Waals surface area contributed by atoms with Gasteiger partial charge in [-0.3, -0.25) is 4.79 Å². The normalized spacial score (nSPS) is 9.95. The van der Waals surface area contributed by atoms with Gasteiger partial charge in [0.25, 0.3) is 5.91 Å². The molecule has 0 bridgehead atoms. The standard InChI is InChI=1S/C13H11NO5/c1-18-9-5-3-2-4-8(9)14-12(15)10-6-7-11(19-10)13(16)17/h2-7H,1H3,(H,14,15)(H,16,17). The lowest BCUT2D eigenvalue weighted by Gasteiger charge is -2.08. The molecule has 1 aromatic carbocycles. The van der Waals surface area contributed by atoms with E-state index < -0.39 is 11.9 Å². The van der Waals surface area contributed by atoms with Crippen molar-refractivity contribution in [2.45, 2.75) is 0 Å². The molecule has 0 aliphatic heterocycles. The molecule has 0 radical (unpaired) electrons. The fraction of sp³-hybridized carbons (Fsp3) is 0.0769. The summed E-state index contributed by atoms with van der Waals surface area (Å²) in [4.78, 5) is 22.5. The van der Waals surface area contributed by atoms with E-state index in [1.165, 1.54) is 19.2 Å². The summed E-state index contributed by atoms with van der Waals surface area (Å²) in [6.07, 6.45) is 0. The zero-order valence-corrected chi connectivity index (χ0v) is 10.0. The van der Waals surface area contributed by atoms with E-state index >= 15 is 0 Å². The zero-order valence-electron chi connectivity index (χ0n) is 10.0. The number of furan rings is 1. The first kappa shape index (κ1) is 12.7. The van der Waals surface area contributed by atoms with Gasteiger partial charge in [-0.05, 0) is 24.3 Å². The molecule has 1 heterocycles. The molecule has 19 heavy (non-hydrogen) atoms. The molecule has 0 aliphatic rings. The number of aromatic carboxylic acids is 1. The highest BCUT2D eigenvalue weighted by Gasteiger charge is 2.16. The summed E-state index contributed by atoms with van der Waals surface area (Å²) >= 11 is 0. The average molecular weight is 261 g/mol. The lowest BCUT2D eigenvalue weighted by molar-refractivity contribution is 0.0660. The maximum Gasteiger partial charge on any atom is 0.371 e. The first-order valence-corrected chi connectivity index (χ1v) is 5.39. The molecule has 0 saturated carbocycles. The topological polar surface area (TPSA) is 88.8 Å². The Balaban J connectivity index is 2.18. The Morgan fingerprint density at radius 3 is 2.47 bits per heavy atom. The maximum absolute atomic E-state index is 11.9. The maximum atomic E-state index is 11.9. The van der Waals surface area contributed by atoms with E-state index in [1.54, 1.807) is 24.3 Å². The van der Waals surface area contributed by atoms with Crippen molar-refractivity contribution >= 4 is 17.6 Å². The number of carbonyl (C=O) groups excluding carboxylic acids is 1. The third kappa shape index (κ3) is 2.74. The molecule has 2 aromatic rings.